The van der Waals surface area contributed by atoms with E-state index in [-0.39, 0.29) is 6.20 Å². The lowest BCUT2D eigenvalue weighted by Gasteiger charge is -2.09. The zero-order valence-corrected chi connectivity index (χ0v) is 6.86. The predicted molar refractivity (Wildman–Crippen MR) is 35.9 cm³/mol. The van der Waals surface area contributed by atoms with Gasteiger partial charge in [-0.05, 0) is 6.07 Å². The molecule has 1 aromatic heterocycles. The molecule has 1 heterocycles. The van der Waals surface area contributed by atoms with E-state index in [9.17, 15) is 26.3 Å². The van der Waals surface area contributed by atoms with Gasteiger partial charge in [0, 0.05) is 12.3 Å². The molecular weight excluding hydrogens is 228 g/mol. The Hall–Kier alpha value is -1.47. The van der Waals surface area contributed by atoms with Crippen molar-refractivity contribution >= 4 is 0 Å². The topological polar surface area (TPSA) is 22.1 Å². The number of halogens is 6. The molecule has 0 saturated carbocycles. The molecule has 0 radical (unpaired) electrons. The van der Waals surface area contributed by atoms with Gasteiger partial charge in [-0.2, -0.15) is 13.2 Å². The fourth-order valence-corrected chi connectivity index (χ4v) is 0.727. The van der Waals surface area contributed by atoms with Crippen LogP contribution < -0.4 is 4.74 Å². The average molecular weight is 231 g/mol. The normalized spacial score (nSPS) is 12.7. The summed E-state index contributed by atoms with van der Waals surface area (Å²) in [5.74, 6) is -0.935. The van der Waals surface area contributed by atoms with Crippen LogP contribution in [-0.4, -0.2) is 11.3 Å². The van der Waals surface area contributed by atoms with Crippen molar-refractivity contribution in [3.63, 3.8) is 0 Å². The summed E-state index contributed by atoms with van der Waals surface area (Å²) < 4.78 is 73.9. The summed E-state index contributed by atoms with van der Waals surface area (Å²) in [5, 5.41) is 0. The second-order valence-electron chi connectivity index (χ2n) is 2.43. The summed E-state index contributed by atoms with van der Waals surface area (Å²) in [7, 11) is 0. The van der Waals surface area contributed by atoms with E-state index in [1.54, 1.807) is 0 Å². The third kappa shape index (κ3) is 3.64. The summed E-state index contributed by atoms with van der Waals surface area (Å²) in [4.78, 5) is 2.87. The Morgan fingerprint density at radius 1 is 1.00 bits per heavy atom. The van der Waals surface area contributed by atoms with Gasteiger partial charge in [-0.3, -0.25) is 0 Å². The van der Waals surface area contributed by atoms with Crippen LogP contribution in [-0.2, 0) is 6.18 Å². The summed E-state index contributed by atoms with van der Waals surface area (Å²) in [6.45, 7) is 0. The molecule has 0 spiro atoms. The zero-order valence-electron chi connectivity index (χ0n) is 6.86. The Morgan fingerprint density at radius 3 is 1.93 bits per heavy atom. The van der Waals surface area contributed by atoms with Gasteiger partial charge in [0.1, 0.15) is 0 Å². The summed E-state index contributed by atoms with van der Waals surface area (Å²) in [6.07, 6.45) is -9.34. The average Bonchev–Trinajstić information content (AvgIpc) is 2.00. The first-order chi connectivity index (χ1) is 6.68. The first-order valence-corrected chi connectivity index (χ1v) is 3.47. The van der Waals surface area contributed by atoms with E-state index in [1.807, 2.05) is 0 Å². The number of aromatic nitrogens is 1. The second-order valence-corrected chi connectivity index (χ2v) is 2.43. The molecule has 2 nitrogen and oxygen atoms in total. The highest BCUT2D eigenvalue weighted by Gasteiger charge is 2.33. The SMILES string of the molecule is FC(F)(F)Oc1ccc(C(F)(F)F)cn1. The minimum atomic E-state index is -4.97. The minimum Gasteiger partial charge on any atom is -0.388 e. The summed E-state index contributed by atoms with van der Waals surface area (Å²) in [6, 6.07) is 0.949. The molecule has 1 rings (SSSR count). The summed E-state index contributed by atoms with van der Waals surface area (Å²) >= 11 is 0. The molecule has 8 heteroatoms. The molecule has 0 unspecified atom stereocenters. The molecule has 84 valence electrons. The molecule has 0 aliphatic carbocycles. The number of hydrogen-bond donors (Lipinski definition) is 0. The van der Waals surface area contributed by atoms with E-state index in [2.05, 4.69) is 9.72 Å². The van der Waals surface area contributed by atoms with Gasteiger partial charge in [-0.1, -0.05) is 0 Å². The van der Waals surface area contributed by atoms with Gasteiger partial charge in [0.05, 0.1) is 5.56 Å². The van der Waals surface area contributed by atoms with Crippen molar-refractivity contribution in [2.24, 2.45) is 0 Å². The van der Waals surface area contributed by atoms with E-state index in [0.29, 0.717) is 12.1 Å². The van der Waals surface area contributed by atoms with Crippen LogP contribution in [0.3, 0.4) is 0 Å². The molecule has 1 aromatic rings. The van der Waals surface area contributed by atoms with Crippen molar-refractivity contribution in [2.45, 2.75) is 12.5 Å². The molecule has 0 saturated heterocycles. The Kier molecular flexibility index (Phi) is 2.78. The molecular formula is C7H3F6NO. The minimum absolute atomic E-state index is 0.265. The molecule has 0 aliphatic heterocycles. The lowest BCUT2D eigenvalue weighted by molar-refractivity contribution is -0.276. The van der Waals surface area contributed by atoms with E-state index in [4.69, 9.17) is 0 Å². The van der Waals surface area contributed by atoms with Crippen LogP contribution in [0.25, 0.3) is 0 Å². The van der Waals surface area contributed by atoms with Gasteiger partial charge in [-0.25, -0.2) is 4.98 Å². The Morgan fingerprint density at radius 2 is 1.60 bits per heavy atom. The van der Waals surface area contributed by atoms with Crippen LogP contribution in [0.2, 0.25) is 0 Å². The van der Waals surface area contributed by atoms with Crippen LogP contribution in [0.1, 0.15) is 5.56 Å². The fraction of sp³-hybridized carbons (Fsp3) is 0.286. The number of rotatable bonds is 1. The van der Waals surface area contributed by atoms with Crippen LogP contribution in [0, 0.1) is 0 Å². The van der Waals surface area contributed by atoms with Gasteiger partial charge >= 0.3 is 12.5 Å². The van der Waals surface area contributed by atoms with Crippen molar-refractivity contribution in [2.75, 3.05) is 0 Å². The highest BCUT2D eigenvalue weighted by Crippen LogP contribution is 2.30. The number of alkyl halides is 6. The Labute approximate surface area is 79.5 Å². The molecule has 0 bridgehead atoms. The van der Waals surface area contributed by atoms with Crippen LogP contribution in [0.5, 0.6) is 5.88 Å². The third-order valence-corrected chi connectivity index (χ3v) is 1.28. The number of hydrogen-bond acceptors (Lipinski definition) is 2. The first-order valence-electron chi connectivity index (χ1n) is 3.47. The third-order valence-electron chi connectivity index (χ3n) is 1.28. The smallest absolute Gasteiger partial charge is 0.388 e. The number of nitrogens with zero attached hydrogens (tertiary/aromatic N) is 1. The van der Waals surface area contributed by atoms with Crippen molar-refractivity contribution in [3.05, 3.63) is 23.9 Å². The molecule has 0 aliphatic rings. The van der Waals surface area contributed by atoms with Gasteiger partial charge < -0.3 is 4.74 Å². The largest absolute Gasteiger partial charge is 0.574 e. The molecule has 0 aromatic carbocycles. The molecule has 0 fully saturated rings. The monoisotopic (exact) mass is 231 g/mol. The second kappa shape index (κ2) is 3.59. The number of ether oxygens (including phenoxy) is 1. The van der Waals surface area contributed by atoms with Crippen LogP contribution in [0.15, 0.2) is 18.3 Å². The quantitative estimate of drug-likeness (QED) is 0.693. The van der Waals surface area contributed by atoms with Gasteiger partial charge in [0.15, 0.2) is 0 Å². The standard InChI is InChI=1S/C7H3F6NO/c8-6(9,10)4-1-2-5(14-3-4)15-7(11,12)13/h1-3H. The van der Waals surface area contributed by atoms with Gasteiger partial charge in [0.25, 0.3) is 0 Å². The van der Waals surface area contributed by atoms with Gasteiger partial charge in [0.2, 0.25) is 5.88 Å². The first kappa shape index (κ1) is 11.6. The van der Waals surface area contributed by atoms with E-state index in [0.717, 1.165) is 0 Å². The number of pyridine rings is 1. The molecule has 0 amide bonds. The highest BCUT2D eigenvalue weighted by molar-refractivity contribution is 5.20. The lowest BCUT2D eigenvalue weighted by Crippen LogP contribution is -2.18. The Balaban J connectivity index is 2.82. The van der Waals surface area contributed by atoms with Gasteiger partial charge in [-0.15, -0.1) is 13.2 Å². The van der Waals surface area contributed by atoms with Crippen LogP contribution in [0.4, 0.5) is 26.3 Å². The maximum atomic E-state index is 12.0. The maximum Gasteiger partial charge on any atom is 0.574 e. The molecule has 15 heavy (non-hydrogen) atoms. The fourth-order valence-electron chi connectivity index (χ4n) is 0.727. The van der Waals surface area contributed by atoms with Crippen molar-refractivity contribution in [1.29, 1.82) is 0 Å². The van der Waals surface area contributed by atoms with Crippen LogP contribution >= 0.6 is 0 Å². The predicted octanol–water partition coefficient (Wildman–Crippen LogP) is 3.00. The van der Waals surface area contributed by atoms with Crippen molar-refractivity contribution in [1.82, 2.24) is 4.98 Å². The van der Waals surface area contributed by atoms with E-state index >= 15 is 0 Å². The van der Waals surface area contributed by atoms with E-state index < -0.39 is 24.0 Å². The van der Waals surface area contributed by atoms with Crippen molar-refractivity contribution in [3.8, 4) is 5.88 Å². The molecule has 0 atom stereocenters. The maximum absolute atomic E-state index is 12.0. The Bertz CT molecular complexity index is 327. The summed E-state index contributed by atoms with van der Waals surface area (Å²) in [5.41, 5.74) is -1.14. The van der Waals surface area contributed by atoms with E-state index in [1.165, 1.54) is 0 Å². The zero-order chi connectivity index (χ0) is 11.7. The highest BCUT2D eigenvalue weighted by atomic mass is 19.4. The lowest BCUT2D eigenvalue weighted by atomic mass is 10.3. The molecule has 0 N–H and O–H groups in total. The van der Waals surface area contributed by atoms with Crippen molar-refractivity contribution < 1.29 is 31.1 Å².